The maximum Gasteiger partial charge on any atom is 0.168 e. The average molecular weight is 279 g/mol. The Morgan fingerprint density at radius 3 is 2.63 bits per heavy atom. The molecule has 0 N–H and O–H groups in total. The molecule has 3 rings (SSSR count). The Morgan fingerprint density at radius 1 is 1.32 bits per heavy atom. The second-order valence-electron chi connectivity index (χ2n) is 5.77. The van der Waals surface area contributed by atoms with Gasteiger partial charge in [0.05, 0.1) is 12.1 Å². The van der Waals surface area contributed by atoms with E-state index in [1.54, 1.807) is 7.11 Å². The van der Waals surface area contributed by atoms with Crippen LogP contribution in [-0.2, 0) is 6.42 Å². The fourth-order valence-electron chi connectivity index (χ4n) is 3.67. The lowest BCUT2D eigenvalue weighted by atomic mass is 9.88. The first-order valence-electron chi connectivity index (χ1n) is 7.03. The summed E-state index contributed by atoms with van der Waals surface area (Å²) in [4.78, 5) is 12.6. The van der Waals surface area contributed by atoms with E-state index < -0.39 is 0 Å². The van der Waals surface area contributed by atoms with E-state index in [0.29, 0.717) is 10.9 Å². The molecule has 1 atom stereocenters. The third-order valence-corrected chi connectivity index (χ3v) is 5.23. The van der Waals surface area contributed by atoms with Gasteiger partial charge in [-0.05, 0) is 43.7 Å². The number of ketones is 1. The highest BCUT2D eigenvalue weighted by molar-refractivity contribution is 6.35. The molecule has 2 aliphatic carbocycles. The molecule has 1 aromatic carbocycles. The van der Waals surface area contributed by atoms with Gasteiger partial charge in [0, 0.05) is 17.0 Å². The van der Waals surface area contributed by atoms with E-state index in [1.807, 2.05) is 13.0 Å². The predicted octanol–water partition coefficient (Wildman–Crippen LogP) is 4.20. The van der Waals surface area contributed by atoms with Crippen LogP contribution < -0.4 is 4.74 Å². The first-order chi connectivity index (χ1) is 9.13. The summed E-state index contributed by atoms with van der Waals surface area (Å²) >= 11 is 6.39. The molecule has 2 nitrogen and oxygen atoms in total. The molecule has 0 saturated heterocycles. The van der Waals surface area contributed by atoms with Crippen LogP contribution >= 0.6 is 11.6 Å². The molecule has 1 aromatic rings. The Kier molecular flexibility index (Phi) is 3.30. The second kappa shape index (κ2) is 4.82. The zero-order chi connectivity index (χ0) is 13.6. The Bertz CT molecular complexity index is 530. The van der Waals surface area contributed by atoms with Crippen LogP contribution in [0.5, 0.6) is 5.75 Å². The normalized spacial score (nSPS) is 22.9. The number of carbonyl (C=O) groups excluding carboxylic acids is 1. The van der Waals surface area contributed by atoms with E-state index in [-0.39, 0.29) is 11.7 Å². The van der Waals surface area contributed by atoms with Crippen molar-refractivity contribution in [3.63, 3.8) is 0 Å². The molecule has 0 heterocycles. The molecule has 1 saturated carbocycles. The van der Waals surface area contributed by atoms with Gasteiger partial charge >= 0.3 is 0 Å². The highest BCUT2D eigenvalue weighted by Crippen LogP contribution is 2.44. The summed E-state index contributed by atoms with van der Waals surface area (Å²) in [5.74, 6) is 1.77. The molecule has 0 radical (unpaired) electrons. The number of rotatable bonds is 2. The number of hydrogen-bond donors (Lipinski definition) is 0. The summed E-state index contributed by atoms with van der Waals surface area (Å²) in [5.41, 5.74) is 2.72. The number of Topliss-reactive ketones (excluding diaryl/α,β-unsaturated/α-hetero) is 1. The molecule has 1 fully saturated rings. The molecule has 0 aliphatic heterocycles. The number of carbonyl (C=O) groups is 1. The number of fused-ring (bicyclic) bond motifs is 1. The van der Waals surface area contributed by atoms with Crippen LogP contribution in [0.15, 0.2) is 6.07 Å². The van der Waals surface area contributed by atoms with Crippen molar-refractivity contribution in [3.05, 3.63) is 27.8 Å². The standard InChI is InChI=1S/C16H19ClO2/c1-9-13(19-2)8-11-7-12(10-5-3-4-6-10)16(18)14(11)15(9)17/h8,10,12H,3-7H2,1-2H3/t12-/m0/s1. The Balaban J connectivity index is 2.00. The minimum atomic E-state index is 0.154. The van der Waals surface area contributed by atoms with Crippen molar-refractivity contribution < 1.29 is 9.53 Å². The molecule has 0 unspecified atom stereocenters. The van der Waals surface area contributed by atoms with Gasteiger partial charge in [0.1, 0.15) is 5.75 Å². The van der Waals surface area contributed by atoms with Crippen LogP contribution in [-0.4, -0.2) is 12.9 Å². The zero-order valence-electron chi connectivity index (χ0n) is 11.5. The monoisotopic (exact) mass is 278 g/mol. The summed E-state index contributed by atoms with van der Waals surface area (Å²) in [5, 5.41) is 0.597. The molecule has 19 heavy (non-hydrogen) atoms. The van der Waals surface area contributed by atoms with Crippen LogP contribution in [0.1, 0.15) is 47.2 Å². The molecule has 3 heteroatoms. The number of hydrogen-bond acceptors (Lipinski definition) is 2. The van der Waals surface area contributed by atoms with Crippen molar-refractivity contribution in [1.82, 2.24) is 0 Å². The maximum absolute atomic E-state index is 12.6. The first kappa shape index (κ1) is 13.0. The van der Waals surface area contributed by atoms with Crippen molar-refractivity contribution in [2.24, 2.45) is 11.8 Å². The van der Waals surface area contributed by atoms with Gasteiger partial charge in [-0.15, -0.1) is 0 Å². The van der Waals surface area contributed by atoms with Crippen LogP contribution in [0.4, 0.5) is 0 Å². The third kappa shape index (κ3) is 1.97. The summed E-state index contributed by atoms with van der Waals surface area (Å²) in [6, 6.07) is 2.00. The van der Waals surface area contributed by atoms with Gasteiger partial charge in [-0.2, -0.15) is 0 Å². The maximum atomic E-state index is 12.6. The Hall–Kier alpha value is -1.02. The lowest BCUT2D eigenvalue weighted by Gasteiger charge is -2.15. The van der Waals surface area contributed by atoms with Crippen molar-refractivity contribution >= 4 is 17.4 Å². The highest BCUT2D eigenvalue weighted by Gasteiger charge is 2.39. The molecular weight excluding hydrogens is 260 g/mol. The SMILES string of the molecule is COc1cc2c(c(Cl)c1C)C(=O)[C@H](C1CCCC1)C2. The number of halogens is 1. The predicted molar refractivity (Wildman–Crippen MR) is 76.2 cm³/mol. The first-order valence-corrected chi connectivity index (χ1v) is 7.41. The van der Waals surface area contributed by atoms with Gasteiger partial charge in [0.15, 0.2) is 5.78 Å². The van der Waals surface area contributed by atoms with Crippen LogP contribution in [0.3, 0.4) is 0 Å². The molecule has 0 spiro atoms. The van der Waals surface area contributed by atoms with Gasteiger partial charge in [0.2, 0.25) is 0 Å². The van der Waals surface area contributed by atoms with E-state index in [4.69, 9.17) is 16.3 Å². The Labute approximate surface area is 119 Å². The topological polar surface area (TPSA) is 26.3 Å². The fraction of sp³-hybridized carbons (Fsp3) is 0.562. The molecule has 0 amide bonds. The Morgan fingerprint density at radius 2 is 2.00 bits per heavy atom. The smallest absolute Gasteiger partial charge is 0.168 e. The van der Waals surface area contributed by atoms with E-state index in [1.165, 1.54) is 25.7 Å². The molecular formula is C16H19ClO2. The minimum Gasteiger partial charge on any atom is -0.496 e. The second-order valence-corrected chi connectivity index (χ2v) is 6.15. The van der Waals surface area contributed by atoms with Crippen molar-refractivity contribution in [3.8, 4) is 5.75 Å². The van der Waals surface area contributed by atoms with E-state index in [9.17, 15) is 4.79 Å². The van der Waals surface area contributed by atoms with Crippen LogP contribution in [0.2, 0.25) is 5.02 Å². The van der Waals surface area contributed by atoms with Gasteiger partial charge in [-0.1, -0.05) is 24.4 Å². The average Bonchev–Trinajstić information content (AvgIpc) is 3.01. The van der Waals surface area contributed by atoms with Crippen molar-refractivity contribution in [2.75, 3.05) is 7.11 Å². The van der Waals surface area contributed by atoms with E-state index in [0.717, 1.165) is 28.9 Å². The van der Waals surface area contributed by atoms with Crippen molar-refractivity contribution in [1.29, 1.82) is 0 Å². The third-order valence-electron chi connectivity index (χ3n) is 4.76. The summed E-state index contributed by atoms with van der Waals surface area (Å²) < 4.78 is 5.35. The minimum absolute atomic E-state index is 0.154. The fourth-order valence-corrected chi connectivity index (χ4v) is 3.98. The number of benzene rings is 1. The summed E-state index contributed by atoms with van der Waals surface area (Å²) in [7, 11) is 1.65. The van der Waals surface area contributed by atoms with Crippen molar-refractivity contribution in [2.45, 2.75) is 39.0 Å². The summed E-state index contributed by atoms with van der Waals surface area (Å²) in [6.07, 6.45) is 5.76. The van der Waals surface area contributed by atoms with Gasteiger partial charge in [-0.25, -0.2) is 0 Å². The molecule has 0 aromatic heterocycles. The van der Waals surface area contributed by atoms with E-state index >= 15 is 0 Å². The lowest BCUT2D eigenvalue weighted by molar-refractivity contribution is 0.0894. The van der Waals surface area contributed by atoms with Crippen LogP contribution in [0, 0.1) is 18.8 Å². The number of methoxy groups -OCH3 is 1. The molecule has 102 valence electrons. The van der Waals surface area contributed by atoms with E-state index in [2.05, 4.69) is 0 Å². The zero-order valence-corrected chi connectivity index (χ0v) is 12.2. The number of ether oxygens (including phenoxy) is 1. The quantitative estimate of drug-likeness (QED) is 0.810. The molecule has 0 bridgehead atoms. The van der Waals surface area contributed by atoms with Gasteiger partial charge in [-0.3, -0.25) is 4.79 Å². The molecule has 2 aliphatic rings. The lowest BCUT2D eigenvalue weighted by Crippen LogP contribution is -2.18. The van der Waals surface area contributed by atoms with Gasteiger partial charge in [0.25, 0.3) is 0 Å². The highest BCUT2D eigenvalue weighted by atomic mass is 35.5. The van der Waals surface area contributed by atoms with Crippen LogP contribution in [0.25, 0.3) is 0 Å². The largest absolute Gasteiger partial charge is 0.496 e. The van der Waals surface area contributed by atoms with Gasteiger partial charge < -0.3 is 4.74 Å². The summed E-state index contributed by atoms with van der Waals surface area (Å²) in [6.45, 7) is 1.91.